The van der Waals surface area contributed by atoms with Gasteiger partial charge in [0.05, 0.1) is 0 Å². The normalized spacial score (nSPS) is 26.9. The van der Waals surface area contributed by atoms with Crippen molar-refractivity contribution in [1.82, 2.24) is 0 Å². The predicted octanol–water partition coefficient (Wildman–Crippen LogP) is 4.82. The summed E-state index contributed by atoms with van der Waals surface area (Å²) < 4.78 is 25.8. The first-order chi connectivity index (χ1) is 9.39. The summed E-state index contributed by atoms with van der Waals surface area (Å²) in [6, 6.07) is 1.05. The first kappa shape index (κ1) is 19.8. The van der Waals surface area contributed by atoms with Crippen LogP contribution >= 0.6 is 0 Å². The Kier molecular flexibility index (Phi) is 6.66. The second-order valence-electron chi connectivity index (χ2n) is 7.55. The topological polar surface area (TPSA) is 36.9 Å². The molecule has 0 bridgehead atoms. The van der Waals surface area contributed by atoms with Gasteiger partial charge in [0.25, 0.3) is 0 Å². The molecule has 21 heavy (non-hydrogen) atoms. The van der Waals surface area contributed by atoms with E-state index in [0.29, 0.717) is 0 Å². The molecule has 1 aliphatic heterocycles. The molecule has 0 amide bonds. The summed E-state index contributed by atoms with van der Waals surface area (Å²) in [6.45, 7) is 17.2. The molecule has 1 rings (SSSR count). The third kappa shape index (κ3) is 7.21. The van der Waals surface area contributed by atoms with Crippen molar-refractivity contribution in [1.29, 1.82) is 0 Å². The van der Waals surface area contributed by atoms with Gasteiger partial charge in [-0.15, -0.1) is 0 Å². The maximum absolute atomic E-state index is 6.54. The van der Waals surface area contributed by atoms with Crippen molar-refractivity contribution in [3.63, 3.8) is 0 Å². The van der Waals surface area contributed by atoms with Crippen molar-refractivity contribution in [2.24, 2.45) is 0 Å². The lowest BCUT2D eigenvalue weighted by atomic mass is 10.2. The van der Waals surface area contributed by atoms with Gasteiger partial charge in [-0.3, -0.25) is 0 Å². The second-order valence-corrected chi connectivity index (χ2v) is 22.0. The number of rotatable bonds is 5. The van der Waals surface area contributed by atoms with Crippen LogP contribution in [0.15, 0.2) is 0 Å². The van der Waals surface area contributed by atoms with E-state index in [1.165, 1.54) is 25.7 Å². The van der Waals surface area contributed by atoms with Gasteiger partial charge < -0.3 is 16.5 Å². The fourth-order valence-corrected chi connectivity index (χ4v) is 24.9. The van der Waals surface area contributed by atoms with Gasteiger partial charge in [0.2, 0.25) is 0 Å². The van der Waals surface area contributed by atoms with Crippen LogP contribution in [0.25, 0.3) is 0 Å². The maximum Gasteiger partial charge on any atom is 0.317 e. The summed E-state index contributed by atoms with van der Waals surface area (Å²) in [5, 5.41) is 0. The average Bonchev–Trinajstić information content (AvgIpc) is 2.17. The van der Waals surface area contributed by atoms with Crippen LogP contribution < -0.4 is 0 Å². The van der Waals surface area contributed by atoms with Crippen molar-refractivity contribution in [3.8, 4) is 0 Å². The van der Waals surface area contributed by atoms with Crippen LogP contribution in [0.2, 0.25) is 51.9 Å². The molecule has 1 heterocycles. The van der Waals surface area contributed by atoms with Crippen molar-refractivity contribution >= 4 is 34.2 Å². The maximum atomic E-state index is 6.54. The highest BCUT2D eigenvalue weighted by atomic mass is 28.5. The van der Waals surface area contributed by atoms with Crippen molar-refractivity contribution in [2.45, 2.75) is 84.5 Å². The Bertz CT molecular complexity index is 325. The van der Waals surface area contributed by atoms with Gasteiger partial charge >= 0.3 is 34.2 Å². The SMILES string of the molecule is CCCCCC[Si]1(C)O[Si](C)(C)O[Si](C)(C)O[Si](C)(C)O1. The fraction of sp³-hybridized carbons (Fsp3) is 1.00. The van der Waals surface area contributed by atoms with Crippen LogP contribution in [-0.2, 0) is 16.5 Å². The third-order valence-corrected chi connectivity index (χ3v) is 19.9. The van der Waals surface area contributed by atoms with Gasteiger partial charge in [-0.2, -0.15) is 0 Å². The zero-order chi connectivity index (χ0) is 16.4. The number of hydrogen-bond donors (Lipinski definition) is 0. The molecule has 4 nitrogen and oxygen atoms in total. The first-order valence-electron chi connectivity index (χ1n) is 8.19. The molecule has 0 saturated carbocycles. The molecule has 0 aromatic heterocycles. The predicted molar refractivity (Wildman–Crippen MR) is 97.4 cm³/mol. The van der Waals surface area contributed by atoms with Gasteiger partial charge in [0, 0.05) is 0 Å². The monoisotopic (exact) mass is 366 g/mol. The minimum atomic E-state index is -2.21. The Hall–Kier alpha value is 0.708. The molecule has 0 aromatic carbocycles. The quantitative estimate of drug-likeness (QED) is 0.516. The Morgan fingerprint density at radius 1 is 0.571 bits per heavy atom. The summed E-state index contributed by atoms with van der Waals surface area (Å²) in [4.78, 5) is 0. The molecule has 1 aliphatic rings. The molecular weight excluding hydrogens is 332 g/mol. The highest BCUT2D eigenvalue weighted by Crippen LogP contribution is 2.33. The van der Waals surface area contributed by atoms with E-state index in [2.05, 4.69) is 52.8 Å². The molecule has 0 radical (unpaired) electrons. The zero-order valence-corrected chi connectivity index (χ0v) is 19.2. The summed E-state index contributed by atoms with van der Waals surface area (Å²) in [5.74, 6) is 0. The van der Waals surface area contributed by atoms with Crippen LogP contribution in [-0.4, -0.2) is 34.2 Å². The standard InChI is InChI=1S/C13H34O4Si4/c1-9-10-11-12-13-21(8)16-19(4,5)14-18(2,3)15-20(6,7)17-21/h9-13H2,1-8H3. The van der Waals surface area contributed by atoms with E-state index < -0.39 is 34.2 Å². The van der Waals surface area contributed by atoms with Crippen LogP contribution in [0, 0.1) is 0 Å². The van der Waals surface area contributed by atoms with E-state index in [0.717, 1.165) is 6.04 Å². The average molecular weight is 367 g/mol. The molecule has 1 fully saturated rings. The fourth-order valence-electron chi connectivity index (χ4n) is 3.28. The number of unbranched alkanes of at least 4 members (excludes halogenated alkanes) is 3. The molecule has 0 unspecified atom stereocenters. The second kappa shape index (κ2) is 7.08. The van der Waals surface area contributed by atoms with Crippen LogP contribution in [0.5, 0.6) is 0 Å². The third-order valence-electron chi connectivity index (χ3n) is 3.39. The first-order valence-corrected chi connectivity index (χ1v) is 19.2. The molecule has 0 aromatic rings. The lowest BCUT2D eigenvalue weighted by Crippen LogP contribution is -2.64. The Morgan fingerprint density at radius 3 is 1.43 bits per heavy atom. The molecule has 8 heteroatoms. The van der Waals surface area contributed by atoms with Crippen LogP contribution in [0.4, 0.5) is 0 Å². The van der Waals surface area contributed by atoms with Gasteiger partial charge in [-0.25, -0.2) is 0 Å². The van der Waals surface area contributed by atoms with Crippen LogP contribution in [0.3, 0.4) is 0 Å². The molecule has 126 valence electrons. The molecular formula is C13H34O4Si4. The van der Waals surface area contributed by atoms with E-state index in [1.54, 1.807) is 0 Å². The highest BCUT2D eigenvalue weighted by molar-refractivity contribution is 6.93. The summed E-state index contributed by atoms with van der Waals surface area (Å²) >= 11 is 0. The Labute approximate surface area is 135 Å². The summed E-state index contributed by atoms with van der Waals surface area (Å²) in [6.07, 6.45) is 5.00. The van der Waals surface area contributed by atoms with Gasteiger partial charge in [-0.05, 0) is 51.9 Å². The molecule has 0 spiro atoms. The van der Waals surface area contributed by atoms with E-state index >= 15 is 0 Å². The van der Waals surface area contributed by atoms with Gasteiger partial charge in [0.1, 0.15) is 0 Å². The lowest BCUT2D eigenvalue weighted by molar-refractivity contribution is 0.233. The van der Waals surface area contributed by atoms with Crippen molar-refractivity contribution < 1.29 is 16.5 Å². The van der Waals surface area contributed by atoms with Gasteiger partial charge in [0.15, 0.2) is 0 Å². The summed E-state index contributed by atoms with van der Waals surface area (Å²) in [5.41, 5.74) is 0. The van der Waals surface area contributed by atoms with E-state index in [9.17, 15) is 0 Å². The van der Waals surface area contributed by atoms with E-state index in [1.807, 2.05) is 0 Å². The minimum absolute atomic E-state index is 1.05. The Balaban J connectivity index is 2.83. The van der Waals surface area contributed by atoms with Crippen LogP contribution in [0.1, 0.15) is 32.6 Å². The lowest BCUT2D eigenvalue weighted by Gasteiger charge is -2.47. The van der Waals surface area contributed by atoms with Crippen molar-refractivity contribution in [2.75, 3.05) is 0 Å². The molecule has 1 saturated heterocycles. The van der Waals surface area contributed by atoms with Gasteiger partial charge in [-0.1, -0.05) is 32.6 Å². The molecule has 0 aliphatic carbocycles. The summed E-state index contributed by atoms with van der Waals surface area (Å²) in [7, 11) is -8.72. The van der Waals surface area contributed by atoms with E-state index in [4.69, 9.17) is 16.5 Å². The zero-order valence-electron chi connectivity index (χ0n) is 15.2. The molecule has 0 N–H and O–H groups in total. The number of hydrogen-bond acceptors (Lipinski definition) is 4. The Morgan fingerprint density at radius 2 is 1.00 bits per heavy atom. The van der Waals surface area contributed by atoms with Crippen molar-refractivity contribution in [3.05, 3.63) is 0 Å². The highest BCUT2D eigenvalue weighted by Gasteiger charge is 2.51. The largest absolute Gasteiger partial charge is 0.416 e. The smallest absolute Gasteiger partial charge is 0.317 e. The minimum Gasteiger partial charge on any atom is -0.416 e. The molecule has 0 atom stereocenters. The van der Waals surface area contributed by atoms with E-state index in [-0.39, 0.29) is 0 Å².